The Labute approximate surface area is 123 Å². The van der Waals surface area contributed by atoms with E-state index in [0.29, 0.717) is 11.4 Å². The summed E-state index contributed by atoms with van der Waals surface area (Å²) in [7, 11) is 1.29. The third-order valence-electron chi connectivity index (χ3n) is 2.39. The molecule has 0 radical (unpaired) electrons. The molecule has 1 heterocycles. The number of nitrogens with one attached hydrogen (secondary N) is 1. The van der Waals surface area contributed by atoms with E-state index in [2.05, 4.69) is 15.0 Å². The molecule has 5 nitrogen and oxygen atoms in total. The maximum Gasteiger partial charge on any atom is 0.330 e. The Morgan fingerprint density at radius 3 is 2.50 bits per heavy atom. The van der Waals surface area contributed by atoms with E-state index in [-0.39, 0.29) is 11.1 Å². The number of carbonyl (C=O) groups is 2. The van der Waals surface area contributed by atoms with E-state index in [1.165, 1.54) is 19.3 Å². The maximum absolute atomic E-state index is 11.9. The van der Waals surface area contributed by atoms with Crippen LogP contribution in [0.1, 0.15) is 26.5 Å². The average molecular weight is 297 g/mol. The van der Waals surface area contributed by atoms with E-state index in [1.807, 2.05) is 0 Å². The molecule has 0 fully saturated rings. The lowest BCUT2D eigenvalue weighted by Gasteiger charge is -2.18. The lowest BCUT2D eigenvalue weighted by Crippen LogP contribution is -2.27. The molecule has 0 spiro atoms. The molecule has 1 rings (SSSR count). The molecule has 0 aromatic carbocycles. The van der Waals surface area contributed by atoms with E-state index in [9.17, 15) is 9.59 Å². The minimum atomic E-state index is -0.521. The van der Waals surface area contributed by atoms with Gasteiger partial charge in [-0.1, -0.05) is 32.4 Å². The summed E-state index contributed by atoms with van der Waals surface area (Å²) in [5.41, 5.74) is 0.406. The molecule has 0 atom stereocenters. The number of hydrogen-bond donors (Lipinski definition) is 1. The summed E-state index contributed by atoms with van der Waals surface area (Å²) in [6.45, 7) is 5.41. The fourth-order valence-corrected chi connectivity index (χ4v) is 1.37. The molecule has 108 valence electrons. The van der Waals surface area contributed by atoms with Gasteiger partial charge in [0.15, 0.2) is 5.15 Å². The Bertz CT molecular complexity index is 548. The van der Waals surface area contributed by atoms with Crippen LogP contribution >= 0.6 is 11.6 Å². The van der Waals surface area contributed by atoms with Gasteiger partial charge < -0.3 is 10.1 Å². The maximum atomic E-state index is 11.9. The highest BCUT2D eigenvalue weighted by Gasteiger charge is 2.22. The molecule has 0 aliphatic heterocycles. The van der Waals surface area contributed by atoms with Crippen molar-refractivity contribution in [2.45, 2.75) is 20.8 Å². The van der Waals surface area contributed by atoms with Crippen LogP contribution in [0, 0.1) is 5.41 Å². The Balaban J connectivity index is 2.86. The van der Waals surface area contributed by atoms with Crippen LogP contribution in [0.2, 0.25) is 5.15 Å². The van der Waals surface area contributed by atoms with Gasteiger partial charge in [0.2, 0.25) is 5.91 Å². The summed E-state index contributed by atoms with van der Waals surface area (Å²) in [6, 6.07) is 3.28. The quantitative estimate of drug-likeness (QED) is 0.529. The number of ether oxygens (including phenoxy) is 1. The number of pyridine rings is 1. The zero-order valence-corrected chi connectivity index (χ0v) is 12.6. The van der Waals surface area contributed by atoms with Crippen LogP contribution < -0.4 is 5.32 Å². The van der Waals surface area contributed by atoms with Crippen molar-refractivity contribution >= 4 is 35.2 Å². The number of rotatable bonds is 3. The number of anilines is 1. The molecule has 0 aliphatic carbocycles. The highest BCUT2D eigenvalue weighted by Crippen LogP contribution is 2.23. The van der Waals surface area contributed by atoms with Gasteiger partial charge >= 0.3 is 5.97 Å². The second-order valence-electron chi connectivity index (χ2n) is 5.14. The topological polar surface area (TPSA) is 68.3 Å². The molecule has 6 heteroatoms. The van der Waals surface area contributed by atoms with Crippen LogP contribution in [-0.2, 0) is 14.3 Å². The zero-order chi connectivity index (χ0) is 15.3. The molecule has 0 saturated carbocycles. The Kier molecular flexibility index (Phi) is 5.27. The number of aromatic nitrogens is 1. The second kappa shape index (κ2) is 6.52. The molecule has 1 aromatic heterocycles. The first-order chi connectivity index (χ1) is 9.24. The Morgan fingerprint density at radius 1 is 1.35 bits per heavy atom. The lowest BCUT2D eigenvalue weighted by molar-refractivity contribution is -0.134. The van der Waals surface area contributed by atoms with E-state index < -0.39 is 11.4 Å². The van der Waals surface area contributed by atoms with Gasteiger partial charge in [-0.05, 0) is 18.2 Å². The minimum Gasteiger partial charge on any atom is -0.466 e. The van der Waals surface area contributed by atoms with Gasteiger partial charge in [-0.25, -0.2) is 9.78 Å². The largest absolute Gasteiger partial charge is 0.466 e. The molecule has 0 unspecified atom stereocenters. The van der Waals surface area contributed by atoms with Crippen LogP contribution in [0.3, 0.4) is 0 Å². The Morgan fingerprint density at radius 2 is 2.00 bits per heavy atom. The predicted molar refractivity (Wildman–Crippen MR) is 78.4 cm³/mol. The molecule has 1 amide bonds. The van der Waals surface area contributed by atoms with Crippen molar-refractivity contribution in [3.8, 4) is 0 Å². The summed E-state index contributed by atoms with van der Waals surface area (Å²) in [5, 5.41) is 2.87. The SMILES string of the molecule is COC(=O)C=Cc1ccc(NC(=O)C(C)(C)C)c(Cl)n1. The standard InChI is InChI=1S/C14H17ClN2O3/c1-14(2,3)13(19)17-10-7-5-9(16-12(10)15)6-8-11(18)20-4/h5-8H,1-4H3,(H,17,19). The van der Waals surface area contributed by atoms with Gasteiger partial charge in [-0.2, -0.15) is 0 Å². The van der Waals surface area contributed by atoms with Gasteiger partial charge in [-0.3, -0.25) is 4.79 Å². The van der Waals surface area contributed by atoms with Gasteiger partial charge in [-0.15, -0.1) is 0 Å². The number of carbonyl (C=O) groups excluding carboxylic acids is 2. The number of methoxy groups -OCH3 is 1. The van der Waals surface area contributed by atoms with E-state index in [1.54, 1.807) is 32.9 Å². The van der Waals surface area contributed by atoms with Crippen molar-refractivity contribution in [3.05, 3.63) is 29.1 Å². The molecule has 20 heavy (non-hydrogen) atoms. The third kappa shape index (κ3) is 4.66. The van der Waals surface area contributed by atoms with Crippen LogP contribution in [0.25, 0.3) is 6.08 Å². The number of halogens is 1. The smallest absolute Gasteiger partial charge is 0.330 e. The molecular formula is C14H17ClN2O3. The summed E-state index contributed by atoms with van der Waals surface area (Å²) in [5.74, 6) is -0.632. The zero-order valence-electron chi connectivity index (χ0n) is 11.9. The van der Waals surface area contributed by atoms with Crippen molar-refractivity contribution in [2.75, 3.05) is 12.4 Å². The van der Waals surface area contributed by atoms with Crippen LogP contribution in [0.4, 0.5) is 5.69 Å². The monoisotopic (exact) mass is 296 g/mol. The van der Waals surface area contributed by atoms with Crippen molar-refractivity contribution in [2.24, 2.45) is 5.41 Å². The fourth-order valence-electron chi connectivity index (χ4n) is 1.17. The van der Waals surface area contributed by atoms with Gasteiger partial charge in [0.1, 0.15) is 0 Å². The Hall–Kier alpha value is -1.88. The minimum absolute atomic E-state index is 0.154. The highest BCUT2D eigenvalue weighted by molar-refractivity contribution is 6.32. The number of esters is 1. The normalized spacial score (nSPS) is 11.4. The van der Waals surface area contributed by atoms with Crippen LogP contribution in [0.5, 0.6) is 0 Å². The lowest BCUT2D eigenvalue weighted by atomic mass is 9.95. The molecule has 1 aromatic rings. The average Bonchev–Trinajstić information content (AvgIpc) is 2.37. The molecule has 0 bridgehead atoms. The van der Waals surface area contributed by atoms with Crippen LogP contribution in [0.15, 0.2) is 18.2 Å². The number of amides is 1. The van der Waals surface area contributed by atoms with E-state index in [4.69, 9.17) is 11.6 Å². The van der Waals surface area contributed by atoms with E-state index in [0.717, 1.165) is 0 Å². The summed E-state index contributed by atoms with van der Waals surface area (Å²) >= 11 is 6.00. The van der Waals surface area contributed by atoms with Crippen LogP contribution in [-0.4, -0.2) is 24.0 Å². The van der Waals surface area contributed by atoms with Gasteiger partial charge in [0.25, 0.3) is 0 Å². The molecule has 0 aliphatic rings. The summed E-state index contributed by atoms with van der Waals surface area (Å²) < 4.78 is 4.47. The van der Waals surface area contributed by atoms with Crippen molar-refractivity contribution in [1.29, 1.82) is 0 Å². The summed E-state index contributed by atoms with van der Waals surface area (Å²) in [4.78, 5) is 26.9. The fraction of sp³-hybridized carbons (Fsp3) is 0.357. The van der Waals surface area contributed by atoms with Crippen molar-refractivity contribution in [3.63, 3.8) is 0 Å². The second-order valence-corrected chi connectivity index (χ2v) is 5.49. The van der Waals surface area contributed by atoms with Crippen molar-refractivity contribution in [1.82, 2.24) is 4.98 Å². The first-order valence-electron chi connectivity index (χ1n) is 5.98. The van der Waals surface area contributed by atoms with Crippen molar-refractivity contribution < 1.29 is 14.3 Å². The molecular weight excluding hydrogens is 280 g/mol. The van der Waals surface area contributed by atoms with Gasteiger partial charge in [0, 0.05) is 11.5 Å². The van der Waals surface area contributed by atoms with Gasteiger partial charge in [0.05, 0.1) is 18.5 Å². The number of hydrogen-bond acceptors (Lipinski definition) is 4. The third-order valence-corrected chi connectivity index (χ3v) is 2.68. The highest BCUT2D eigenvalue weighted by atomic mass is 35.5. The van der Waals surface area contributed by atoms with E-state index >= 15 is 0 Å². The first-order valence-corrected chi connectivity index (χ1v) is 6.36. The molecule has 0 saturated heterocycles. The summed E-state index contributed by atoms with van der Waals surface area (Å²) in [6.07, 6.45) is 2.72. The predicted octanol–water partition coefficient (Wildman–Crippen LogP) is 2.91. The first kappa shape index (κ1) is 16.2. The number of nitrogens with zero attached hydrogens (tertiary/aromatic N) is 1. The molecule has 1 N–H and O–H groups in total.